The number of ether oxygens (including phenoxy) is 1. The van der Waals surface area contributed by atoms with Gasteiger partial charge in [0.15, 0.2) is 6.10 Å². The number of carbonyl (C=O) groups excluding carboxylic acids is 1. The SMILES string of the molecule is CCC(=O)Oc1ccc([C@H](Sc2ccccc2[N+](=O)[O-])[C@@H](O)C(=O)O)cc1. The van der Waals surface area contributed by atoms with Gasteiger partial charge in [0.1, 0.15) is 5.75 Å². The van der Waals surface area contributed by atoms with Crippen molar-refractivity contribution in [3.63, 3.8) is 0 Å². The number of carboxylic acids is 1. The molecular weight excluding hydrogens is 374 g/mol. The van der Waals surface area contributed by atoms with Gasteiger partial charge in [-0.05, 0) is 23.8 Å². The molecule has 0 aliphatic carbocycles. The summed E-state index contributed by atoms with van der Waals surface area (Å²) in [6.07, 6.45) is -1.59. The molecule has 0 spiro atoms. The Morgan fingerprint density at radius 1 is 1.19 bits per heavy atom. The number of carbonyl (C=O) groups is 2. The third-order valence-electron chi connectivity index (χ3n) is 3.58. The maximum atomic E-state index is 11.3. The fraction of sp³-hybridized carbons (Fsp3) is 0.222. The van der Waals surface area contributed by atoms with E-state index in [0.717, 1.165) is 11.8 Å². The monoisotopic (exact) mass is 391 g/mol. The highest BCUT2D eigenvalue weighted by Crippen LogP contribution is 2.42. The number of para-hydroxylation sites is 1. The molecular formula is C18H17NO7S. The lowest BCUT2D eigenvalue weighted by Crippen LogP contribution is -2.26. The Balaban J connectivity index is 2.34. The minimum Gasteiger partial charge on any atom is -0.479 e. The lowest BCUT2D eigenvalue weighted by molar-refractivity contribution is -0.387. The molecule has 0 saturated heterocycles. The van der Waals surface area contributed by atoms with Crippen molar-refractivity contribution in [1.82, 2.24) is 0 Å². The van der Waals surface area contributed by atoms with Crippen LogP contribution in [-0.2, 0) is 9.59 Å². The highest BCUT2D eigenvalue weighted by atomic mass is 32.2. The fourth-order valence-corrected chi connectivity index (χ4v) is 3.45. The van der Waals surface area contributed by atoms with Gasteiger partial charge in [-0.25, -0.2) is 4.79 Å². The summed E-state index contributed by atoms with van der Waals surface area (Å²) >= 11 is 0.877. The van der Waals surface area contributed by atoms with E-state index in [0.29, 0.717) is 5.56 Å². The molecule has 0 bridgehead atoms. The second kappa shape index (κ2) is 9.15. The van der Waals surface area contributed by atoms with Gasteiger partial charge in [0.05, 0.1) is 15.1 Å². The second-order valence-electron chi connectivity index (χ2n) is 5.44. The molecule has 0 aliphatic rings. The molecule has 0 heterocycles. The summed E-state index contributed by atoms with van der Waals surface area (Å²) in [6, 6.07) is 11.9. The van der Waals surface area contributed by atoms with Crippen LogP contribution in [0.15, 0.2) is 53.4 Å². The van der Waals surface area contributed by atoms with Gasteiger partial charge in [-0.2, -0.15) is 0 Å². The van der Waals surface area contributed by atoms with Crippen LogP contribution in [0.2, 0.25) is 0 Å². The van der Waals surface area contributed by atoms with E-state index in [9.17, 15) is 29.9 Å². The summed E-state index contributed by atoms with van der Waals surface area (Å²) in [5, 5.41) is 29.5. The van der Waals surface area contributed by atoms with Crippen LogP contribution in [-0.4, -0.2) is 33.2 Å². The van der Waals surface area contributed by atoms with E-state index in [4.69, 9.17) is 4.74 Å². The van der Waals surface area contributed by atoms with Gasteiger partial charge < -0.3 is 14.9 Å². The van der Waals surface area contributed by atoms with Gasteiger partial charge >= 0.3 is 11.9 Å². The number of esters is 1. The molecule has 9 heteroatoms. The van der Waals surface area contributed by atoms with Crippen LogP contribution in [0.1, 0.15) is 24.2 Å². The average Bonchev–Trinajstić information content (AvgIpc) is 2.66. The number of nitrogens with zero attached hydrogens (tertiary/aromatic N) is 1. The number of nitro groups is 1. The lowest BCUT2D eigenvalue weighted by atomic mass is 10.1. The Bertz CT molecular complexity index is 838. The van der Waals surface area contributed by atoms with Crippen molar-refractivity contribution in [2.75, 3.05) is 0 Å². The summed E-state index contributed by atoms with van der Waals surface area (Å²) in [5.74, 6) is -1.59. The number of hydrogen-bond donors (Lipinski definition) is 2. The average molecular weight is 391 g/mol. The summed E-state index contributed by atoms with van der Waals surface area (Å²) < 4.78 is 5.06. The first-order valence-corrected chi connectivity index (χ1v) is 8.83. The highest BCUT2D eigenvalue weighted by molar-refractivity contribution is 7.99. The number of nitro benzene ring substituents is 1. The molecule has 0 aromatic heterocycles. The van der Waals surface area contributed by atoms with E-state index < -0.39 is 28.2 Å². The van der Waals surface area contributed by atoms with Crippen molar-refractivity contribution in [3.05, 3.63) is 64.2 Å². The van der Waals surface area contributed by atoms with E-state index in [-0.39, 0.29) is 22.8 Å². The van der Waals surface area contributed by atoms with Gasteiger partial charge in [0, 0.05) is 12.5 Å². The second-order valence-corrected chi connectivity index (χ2v) is 6.63. The van der Waals surface area contributed by atoms with Crippen LogP contribution in [0.5, 0.6) is 5.75 Å². The predicted octanol–water partition coefficient (Wildman–Crippen LogP) is 3.19. The number of benzene rings is 2. The Hall–Kier alpha value is -2.91. The summed E-state index contributed by atoms with van der Waals surface area (Å²) in [5.41, 5.74) is 0.239. The van der Waals surface area contributed by atoms with Crippen LogP contribution in [0, 0.1) is 10.1 Å². The summed E-state index contributed by atoms with van der Waals surface area (Å²) in [7, 11) is 0. The topological polar surface area (TPSA) is 127 Å². The third kappa shape index (κ3) is 5.28. The lowest BCUT2D eigenvalue weighted by Gasteiger charge is -2.20. The Labute approximate surface area is 158 Å². The van der Waals surface area contributed by atoms with Crippen LogP contribution < -0.4 is 4.74 Å². The zero-order valence-electron chi connectivity index (χ0n) is 14.3. The molecule has 0 radical (unpaired) electrons. The molecule has 8 nitrogen and oxygen atoms in total. The molecule has 27 heavy (non-hydrogen) atoms. The molecule has 2 N–H and O–H groups in total. The molecule has 142 valence electrons. The molecule has 2 aromatic rings. The van der Waals surface area contributed by atoms with Gasteiger partial charge in [-0.15, -0.1) is 11.8 Å². The Kier molecular flexibility index (Phi) is 6.91. The van der Waals surface area contributed by atoms with Crippen molar-refractivity contribution in [3.8, 4) is 5.75 Å². The van der Waals surface area contributed by atoms with Crippen LogP contribution >= 0.6 is 11.8 Å². The molecule has 2 aromatic carbocycles. The van der Waals surface area contributed by atoms with Crippen molar-refractivity contribution < 1.29 is 29.5 Å². The summed E-state index contributed by atoms with van der Waals surface area (Å²) in [4.78, 5) is 33.5. The molecule has 2 rings (SSSR count). The molecule has 2 atom stereocenters. The zero-order valence-corrected chi connectivity index (χ0v) is 15.1. The first kappa shape index (κ1) is 20.4. The van der Waals surface area contributed by atoms with Crippen LogP contribution in [0.4, 0.5) is 5.69 Å². The number of rotatable bonds is 8. The fourth-order valence-electron chi connectivity index (χ4n) is 2.22. The predicted molar refractivity (Wildman–Crippen MR) is 97.7 cm³/mol. The maximum Gasteiger partial charge on any atom is 0.334 e. The van der Waals surface area contributed by atoms with Crippen molar-refractivity contribution in [2.45, 2.75) is 29.6 Å². The smallest absolute Gasteiger partial charge is 0.334 e. The standard InChI is InChI=1S/C18H17NO7S/c1-2-15(20)26-12-9-7-11(8-10-12)17(16(21)18(22)23)27-14-6-4-3-5-13(14)19(24)25/h3-10,16-17,21H,2H2,1H3,(H,22,23)/t16-,17+/m1/s1. The Morgan fingerprint density at radius 3 is 2.37 bits per heavy atom. The molecule has 0 amide bonds. The van der Waals surface area contributed by atoms with E-state index >= 15 is 0 Å². The van der Waals surface area contributed by atoms with Gasteiger partial charge in [-0.1, -0.05) is 31.2 Å². The summed E-state index contributed by atoms with van der Waals surface area (Å²) in [6.45, 7) is 1.65. The van der Waals surface area contributed by atoms with Crippen molar-refractivity contribution in [2.24, 2.45) is 0 Å². The minimum absolute atomic E-state index is 0.182. The van der Waals surface area contributed by atoms with Crippen LogP contribution in [0.3, 0.4) is 0 Å². The number of thioether (sulfide) groups is 1. The van der Waals surface area contributed by atoms with E-state index in [1.54, 1.807) is 13.0 Å². The van der Waals surface area contributed by atoms with E-state index in [1.807, 2.05) is 0 Å². The van der Waals surface area contributed by atoms with Gasteiger partial charge in [0.2, 0.25) is 0 Å². The Morgan fingerprint density at radius 2 is 1.81 bits per heavy atom. The number of aliphatic hydroxyl groups is 1. The maximum absolute atomic E-state index is 11.3. The first-order chi connectivity index (χ1) is 12.8. The minimum atomic E-state index is -1.79. The molecule has 0 saturated carbocycles. The number of aliphatic carboxylic acids is 1. The highest BCUT2D eigenvalue weighted by Gasteiger charge is 2.30. The largest absolute Gasteiger partial charge is 0.479 e. The number of carboxylic acid groups (broad SMARTS) is 1. The number of aliphatic hydroxyl groups excluding tert-OH is 1. The van der Waals surface area contributed by atoms with E-state index in [2.05, 4.69) is 0 Å². The van der Waals surface area contributed by atoms with E-state index in [1.165, 1.54) is 42.5 Å². The first-order valence-electron chi connectivity index (χ1n) is 7.95. The molecule has 0 aliphatic heterocycles. The van der Waals surface area contributed by atoms with Crippen molar-refractivity contribution >= 4 is 29.4 Å². The van der Waals surface area contributed by atoms with Crippen molar-refractivity contribution in [1.29, 1.82) is 0 Å². The quantitative estimate of drug-likeness (QED) is 0.231. The van der Waals surface area contributed by atoms with Gasteiger partial charge in [0.25, 0.3) is 5.69 Å². The molecule has 0 fully saturated rings. The molecule has 0 unspecified atom stereocenters. The normalized spacial score (nSPS) is 12.8. The van der Waals surface area contributed by atoms with Crippen LogP contribution in [0.25, 0.3) is 0 Å². The van der Waals surface area contributed by atoms with Gasteiger partial charge in [-0.3, -0.25) is 14.9 Å². The number of hydrogen-bond acceptors (Lipinski definition) is 7. The zero-order chi connectivity index (χ0) is 20.0. The third-order valence-corrected chi connectivity index (χ3v) is 4.97.